The van der Waals surface area contributed by atoms with Crippen molar-refractivity contribution in [1.29, 1.82) is 0 Å². The maximum Gasteiger partial charge on any atom is 0.0231 e. The molecule has 3 atom stereocenters. The van der Waals surface area contributed by atoms with Crippen LogP contribution >= 0.6 is 0 Å². The van der Waals surface area contributed by atoms with E-state index in [1.54, 1.807) is 0 Å². The summed E-state index contributed by atoms with van der Waals surface area (Å²) >= 11 is 0. The van der Waals surface area contributed by atoms with Gasteiger partial charge in [0.25, 0.3) is 0 Å². The van der Waals surface area contributed by atoms with E-state index in [9.17, 15) is 0 Å². The van der Waals surface area contributed by atoms with Crippen LogP contribution in [0.25, 0.3) is 0 Å². The number of nitrogens with one attached hydrogen (secondary N) is 1. The third-order valence-corrected chi connectivity index (χ3v) is 5.31. The van der Waals surface area contributed by atoms with E-state index in [1.165, 1.54) is 56.2 Å². The molecule has 0 bridgehead atoms. The van der Waals surface area contributed by atoms with Crippen molar-refractivity contribution in [2.24, 2.45) is 5.92 Å². The maximum absolute atomic E-state index is 3.94. The second-order valence-electron chi connectivity index (χ2n) is 7.28. The van der Waals surface area contributed by atoms with E-state index in [1.807, 2.05) is 0 Å². The van der Waals surface area contributed by atoms with Gasteiger partial charge in [0.1, 0.15) is 0 Å². The van der Waals surface area contributed by atoms with Crippen LogP contribution in [-0.2, 0) is 6.54 Å². The van der Waals surface area contributed by atoms with Gasteiger partial charge in [0.15, 0.2) is 0 Å². The number of aryl methyl sites for hydroxylation is 1. The van der Waals surface area contributed by atoms with Crippen LogP contribution < -0.4 is 5.32 Å². The molecule has 0 spiro atoms. The molecule has 1 aliphatic heterocycles. The molecule has 1 aromatic rings. The second-order valence-corrected chi connectivity index (χ2v) is 7.28. The number of nitrogens with zero attached hydrogens (tertiary/aromatic N) is 1. The first kappa shape index (κ1) is 15.1. The monoisotopic (exact) mass is 286 g/mol. The first-order chi connectivity index (χ1) is 10.2. The minimum atomic E-state index is 0.694. The minimum Gasteiger partial charge on any atom is -0.310 e. The number of fused-ring (bicyclic) bond motifs is 1. The van der Waals surface area contributed by atoms with Crippen molar-refractivity contribution in [3.63, 3.8) is 0 Å². The van der Waals surface area contributed by atoms with Gasteiger partial charge in [-0.25, -0.2) is 0 Å². The molecule has 1 N–H and O–H groups in total. The van der Waals surface area contributed by atoms with Crippen LogP contribution in [0.2, 0.25) is 0 Å². The fraction of sp³-hybridized carbons (Fsp3) is 0.684. The molecule has 0 aromatic heterocycles. The summed E-state index contributed by atoms with van der Waals surface area (Å²) < 4.78 is 0. The lowest BCUT2D eigenvalue weighted by Crippen LogP contribution is -2.52. The minimum absolute atomic E-state index is 0.694. The number of likely N-dealkylation sites (N-methyl/N-ethyl adjacent to an activating group) is 1. The highest BCUT2D eigenvalue weighted by atomic mass is 15.1. The Kier molecular flexibility index (Phi) is 4.97. The number of hydrogen-bond acceptors (Lipinski definition) is 2. The molecule has 0 amide bonds. The molecule has 2 nitrogen and oxygen atoms in total. The van der Waals surface area contributed by atoms with E-state index >= 15 is 0 Å². The van der Waals surface area contributed by atoms with Crippen molar-refractivity contribution in [1.82, 2.24) is 10.2 Å². The Bertz CT molecular complexity index is 457. The Hall–Kier alpha value is -0.860. The highest BCUT2D eigenvalue weighted by Crippen LogP contribution is 2.32. The first-order valence-corrected chi connectivity index (χ1v) is 8.71. The van der Waals surface area contributed by atoms with Crippen molar-refractivity contribution in [3.05, 3.63) is 35.4 Å². The average Bonchev–Trinajstić information content (AvgIpc) is 2.47. The zero-order chi connectivity index (χ0) is 14.7. The lowest BCUT2D eigenvalue weighted by Gasteiger charge is -2.41. The number of piperidine rings is 1. The van der Waals surface area contributed by atoms with Crippen LogP contribution in [-0.4, -0.2) is 30.6 Å². The van der Waals surface area contributed by atoms with Gasteiger partial charge in [0.05, 0.1) is 0 Å². The predicted octanol–water partition coefficient (Wildman–Crippen LogP) is 3.74. The topological polar surface area (TPSA) is 15.3 Å². The third kappa shape index (κ3) is 4.08. The van der Waals surface area contributed by atoms with Gasteiger partial charge in [-0.2, -0.15) is 0 Å². The quantitative estimate of drug-likeness (QED) is 0.907. The third-order valence-electron chi connectivity index (χ3n) is 5.31. The van der Waals surface area contributed by atoms with Crippen LogP contribution in [0, 0.1) is 12.8 Å². The molecule has 2 fully saturated rings. The van der Waals surface area contributed by atoms with Crippen molar-refractivity contribution in [2.75, 3.05) is 13.6 Å². The molecule has 1 aromatic carbocycles. The van der Waals surface area contributed by atoms with Crippen LogP contribution in [0.5, 0.6) is 0 Å². The largest absolute Gasteiger partial charge is 0.310 e. The average molecular weight is 286 g/mol. The van der Waals surface area contributed by atoms with Gasteiger partial charge >= 0.3 is 0 Å². The number of hydrogen-bond donors (Lipinski definition) is 1. The molecule has 1 saturated heterocycles. The molecule has 1 saturated carbocycles. The molecule has 0 radical (unpaired) electrons. The van der Waals surface area contributed by atoms with Crippen molar-refractivity contribution < 1.29 is 0 Å². The lowest BCUT2D eigenvalue weighted by atomic mass is 9.78. The number of rotatable bonds is 4. The fourth-order valence-corrected chi connectivity index (χ4v) is 4.28. The second kappa shape index (κ2) is 6.93. The molecule has 3 unspecified atom stereocenters. The number of benzene rings is 1. The molecule has 3 rings (SSSR count). The van der Waals surface area contributed by atoms with Crippen molar-refractivity contribution in [3.8, 4) is 0 Å². The standard InChI is InChI=1S/C19H30N2/c1-15-6-5-7-16(12-15)13-21(2)14-18-11-10-17-8-3-4-9-19(17)20-18/h5-7,12,17-20H,3-4,8-11,13-14H2,1-2H3. The zero-order valence-electron chi connectivity index (χ0n) is 13.6. The summed E-state index contributed by atoms with van der Waals surface area (Å²) in [4.78, 5) is 2.48. The molecular formula is C19H30N2. The SMILES string of the molecule is Cc1cccc(CN(C)CC2CCC3CCCCC3N2)c1. The van der Waals surface area contributed by atoms with E-state index in [4.69, 9.17) is 0 Å². The van der Waals surface area contributed by atoms with Crippen LogP contribution in [0.3, 0.4) is 0 Å². The molecule has 1 aliphatic carbocycles. The molecular weight excluding hydrogens is 256 g/mol. The van der Waals surface area contributed by atoms with Gasteiger partial charge < -0.3 is 10.2 Å². The Morgan fingerprint density at radius 3 is 2.86 bits per heavy atom. The lowest BCUT2D eigenvalue weighted by molar-refractivity contribution is 0.151. The highest BCUT2D eigenvalue weighted by molar-refractivity contribution is 5.22. The van der Waals surface area contributed by atoms with Crippen molar-refractivity contribution in [2.45, 2.75) is 64.1 Å². The van der Waals surface area contributed by atoms with Crippen LogP contribution in [0.1, 0.15) is 49.7 Å². The van der Waals surface area contributed by atoms with Gasteiger partial charge in [-0.3, -0.25) is 0 Å². The predicted molar refractivity (Wildman–Crippen MR) is 89.4 cm³/mol. The van der Waals surface area contributed by atoms with Crippen LogP contribution in [0.4, 0.5) is 0 Å². The highest BCUT2D eigenvalue weighted by Gasteiger charge is 2.31. The summed E-state index contributed by atoms with van der Waals surface area (Å²) in [7, 11) is 2.26. The Morgan fingerprint density at radius 2 is 2.00 bits per heavy atom. The molecule has 21 heavy (non-hydrogen) atoms. The Morgan fingerprint density at radius 1 is 1.14 bits per heavy atom. The van der Waals surface area contributed by atoms with E-state index in [2.05, 4.69) is 48.5 Å². The smallest absolute Gasteiger partial charge is 0.0231 e. The van der Waals surface area contributed by atoms with Gasteiger partial charge in [-0.15, -0.1) is 0 Å². The summed E-state index contributed by atoms with van der Waals surface area (Å²) in [6, 6.07) is 10.4. The molecule has 1 heterocycles. The summed E-state index contributed by atoms with van der Waals surface area (Å²) in [5.74, 6) is 0.970. The van der Waals surface area contributed by atoms with E-state index < -0.39 is 0 Å². The first-order valence-electron chi connectivity index (χ1n) is 8.71. The molecule has 116 valence electrons. The fourth-order valence-electron chi connectivity index (χ4n) is 4.28. The normalized spacial score (nSPS) is 29.4. The Balaban J connectivity index is 1.49. The molecule has 2 aliphatic rings. The van der Waals surface area contributed by atoms with Crippen LogP contribution in [0.15, 0.2) is 24.3 Å². The van der Waals surface area contributed by atoms with Gasteiger partial charge in [-0.05, 0) is 51.1 Å². The molecule has 2 heteroatoms. The zero-order valence-corrected chi connectivity index (χ0v) is 13.6. The maximum atomic E-state index is 3.94. The van der Waals surface area contributed by atoms with Gasteiger partial charge in [-0.1, -0.05) is 42.7 Å². The van der Waals surface area contributed by atoms with E-state index in [0.29, 0.717) is 6.04 Å². The van der Waals surface area contributed by atoms with E-state index in [0.717, 1.165) is 18.5 Å². The Labute approximate surface area is 129 Å². The summed E-state index contributed by atoms with van der Waals surface area (Å²) in [5, 5.41) is 3.94. The van der Waals surface area contributed by atoms with Crippen molar-refractivity contribution >= 4 is 0 Å². The summed E-state index contributed by atoms with van der Waals surface area (Å²) in [5.41, 5.74) is 2.80. The van der Waals surface area contributed by atoms with Gasteiger partial charge in [0.2, 0.25) is 0 Å². The van der Waals surface area contributed by atoms with E-state index in [-0.39, 0.29) is 0 Å². The summed E-state index contributed by atoms with van der Waals surface area (Å²) in [6.07, 6.45) is 8.56. The van der Waals surface area contributed by atoms with Gasteiger partial charge in [0, 0.05) is 25.2 Å². The summed E-state index contributed by atoms with van der Waals surface area (Å²) in [6.45, 7) is 4.42.